The Morgan fingerprint density at radius 1 is 1.00 bits per heavy atom. The number of sulfonamides is 2. The molecule has 6 nitrogen and oxygen atoms in total. The maximum atomic E-state index is 12.4. The molecule has 1 aliphatic heterocycles. The number of piperidine rings is 1. The highest BCUT2D eigenvalue weighted by Crippen LogP contribution is 2.20. The van der Waals surface area contributed by atoms with Crippen LogP contribution in [0.1, 0.15) is 24.8 Å². The van der Waals surface area contributed by atoms with Gasteiger partial charge in [-0.2, -0.15) is 4.31 Å². The summed E-state index contributed by atoms with van der Waals surface area (Å²) in [6.45, 7) is 1.29. The van der Waals surface area contributed by atoms with Crippen LogP contribution in [0.3, 0.4) is 0 Å². The van der Waals surface area contributed by atoms with Crippen LogP contribution in [-0.4, -0.2) is 40.5 Å². The molecule has 0 aliphatic carbocycles. The van der Waals surface area contributed by atoms with Crippen LogP contribution in [0.15, 0.2) is 29.2 Å². The highest BCUT2D eigenvalue weighted by Gasteiger charge is 2.25. The van der Waals surface area contributed by atoms with E-state index in [0.717, 1.165) is 31.1 Å². The fourth-order valence-electron chi connectivity index (χ4n) is 2.25. The molecular formula is C13H20N2O4S2. The van der Waals surface area contributed by atoms with Crippen molar-refractivity contribution in [2.24, 2.45) is 0 Å². The molecule has 1 heterocycles. The highest BCUT2D eigenvalue weighted by molar-refractivity contribution is 7.89. The van der Waals surface area contributed by atoms with Gasteiger partial charge in [0.2, 0.25) is 20.0 Å². The van der Waals surface area contributed by atoms with Gasteiger partial charge in [0.15, 0.2) is 0 Å². The number of benzene rings is 1. The number of nitrogens with zero attached hydrogens (tertiary/aromatic N) is 1. The second-order valence-electron chi connectivity index (χ2n) is 5.20. The number of hydrogen-bond acceptors (Lipinski definition) is 4. The molecule has 0 radical (unpaired) electrons. The SMILES string of the molecule is CS(=O)(=O)NCc1ccc(S(=O)(=O)N2CCCCC2)cc1. The minimum absolute atomic E-state index is 0.156. The first-order chi connectivity index (χ1) is 9.79. The summed E-state index contributed by atoms with van der Waals surface area (Å²) in [5.74, 6) is 0. The van der Waals surface area contributed by atoms with E-state index in [9.17, 15) is 16.8 Å². The van der Waals surface area contributed by atoms with E-state index in [2.05, 4.69) is 4.72 Å². The van der Waals surface area contributed by atoms with Crippen LogP contribution in [0.25, 0.3) is 0 Å². The third kappa shape index (κ3) is 4.50. The Morgan fingerprint density at radius 3 is 2.10 bits per heavy atom. The predicted octanol–water partition coefficient (Wildman–Crippen LogP) is 0.910. The third-order valence-electron chi connectivity index (χ3n) is 3.41. The van der Waals surface area contributed by atoms with Crippen LogP contribution >= 0.6 is 0 Å². The first-order valence-electron chi connectivity index (χ1n) is 6.83. The summed E-state index contributed by atoms with van der Waals surface area (Å²) in [4.78, 5) is 0.257. The summed E-state index contributed by atoms with van der Waals surface area (Å²) in [7, 11) is -6.68. The molecule has 1 saturated heterocycles. The molecule has 0 bridgehead atoms. The molecule has 8 heteroatoms. The average Bonchev–Trinajstić information content (AvgIpc) is 2.46. The molecule has 1 aromatic rings. The van der Waals surface area contributed by atoms with E-state index >= 15 is 0 Å². The van der Waals surface area contributed by atoms with E-state index in [1.54, 1.807) is 12.1 Å². The van der Waals surface area contributed by atoms with Gasteiger partial charge >= 0.3 is 0 Å². The lowest BCUT2D eigenvalue weighted by Gasteiger charge is -2.25. The smallest absolute Gasteiger partial charge is 0.213 e. The lowest BCUT2D eigenvalue weighted by molar-refractivity contribution is 0.346. The molecule has 0 spiro atoms. The summed E-state index contributed by atoms with van der Waals surface area (Å²) >= 11 is 0. The van der Waals surface area contributed by atoms with E-state index in [1.807, 2.05) is 0 Å². The van der Waals surface area contributed by atoms with Crippen molar-refractivity contribution in [2.45, 2.75) is 30.7 Å². The molecule has 1 fully saturated rings. The maximum absolute atomic E-state index is 12.4. The summed E-state index contributed by atoms with van der Waals surface area (Å²) in [6, 6.07) is 6.33. The summed E-state index contributed by atoms with van der Waals surface area (Å²) in [5, 5.41) is 0. The van der Waals surface area contributed by atoms with Crippen LogP contribution in [-0.2, 0) is 26.6 Å². The summed E-state index contributed by atoms with van der Waals surface area (Å²) < 4.78 is 50.8. The van der Waals surface area contributed by atoms with E-state index in [-0.39, 0.29) is 11.4 Å². The third-order valence-corrected chi connectivity index (χ3v) is 6.00. The average molecular weight is 332 g/mol. The molecule has 0 atom stereocenters. The van der Waals surface area contributed by atoms with Crippen LogP contribution < -0.4 is 4.72 Å². The molecule has 21 heavy (non-hydrogen) atoms. The first-order valence-corrected chi connectivity index (χ1v) is 10.2. The standard InChI is InChI=1S/C13H20N2O4S2/c1-20(16,17)14-11-12-5-7-13(8-6-12)21(18,19)15-9-3-2-4-10-15/h5-8,14H,2-4,9-11H2,1H3. The number of rotatable bonds is 5. The van der Waals surface area contributed by atoms with Crippen LogP contribution in [0.2, 0.25) is 0 Å². The van der Waals surface area contributed by atoms with Crippen molar-refractivity contribution in [3.63, 3.8) is 0 Å². The van der Waals surface area contributed by atoms with Gasteiger partial charge in [0.25, 0.3) is 0 Å². The van der Waals surface area contributed by atoms with E-state index < -0.39 is 20.0 Å². The topological polar surface area (TPSA) is 83.5 Å². The normalized spacial score (nSPS) is 17.8. The van der Waals surface area contributed by atoms with Crippen LogP contribution in [0, 0.1) is 0 Å². The largest absolute Gasteiger partial charge is 0.243 e. The van der Waals surface area contributed by atoms with Gasteiger partial charge in [-0.15, -0.1) is 0 Å². The van der Waals surface area contributed by atoms with Gasteiger partial charge in [-0.3, -0.25) is 0 Å². The van der Waals surface area contributed by atoms with Gasteiger partial charge in [0, 0.05) is 19.6 Å². The molecule has 0 unspecified atom stereocenters. The van der Waals surface area contributed by atoms with Crippen molar-refractivity contribution in [3.05, 3.63) is 29.8 Å². The Balaban J connectivity index is 2.10. The predicted molar refractivity (Wildman–Crippen MR) is 80.7 cm³/mol. The van der Waals surface area contributed by atoms with Crippen molar-refractivity contribution in [2.75, 3.05) is 19.3 Å². The van der Waals surface area contributed by atoms with E-state index in [0.29, 0.717) is 13.1 Å². The molecule has 118 valence electrons. The quantitative estimate of drug-likeness (QED) is 0.869. The molecule has 1 aromatic carbocycles. The van der Waals surface area contributed by atoms with Crippen LogP contribution in [0.4, 0.5) is 0 Å². The van der Waals surface area contributed by atoms with Crippen LogP contribution in [0.5, 0.6) is 0 Å². The summed E-state index contributed by atoms with van der Waals surface area (Å²) in [5.41, 5.74) is 0.720. The second-order valence-corrected chi connectivity index (χ2v) is 8.97. The van der Waals surface area contributed by atoms with E-state index in [4.69, 9.17) is 0 Å². The lowest BCUT2D eigenvalue weighted by Crippen LogP contribution is -2.35. The molecule has 2 rings (SSSR count). The second kappa shape index (κ2) is 6.43. The number of nitrogens with one attached hydrogen (secondary N) is 1. The molecule has 0 saturated carbocycles. The Labute approximate surface area is 126 Å². The maximum Gasteiger partial charge on any atom is 0.243 e. The van der Waals surface area contributed by atoms with Crippen molar-refractivity contribution in [1.82, 2.24) is 9.03 Å². The lowest BCUT2D eigenvalue weighted by atomic mass is 10.2. The Bertz CT molecular complexity index is 675. The Hall–Kier alpha value is -0.960. The van der Waals surface area contributed by atoms with E-state index in [1.165, 1.54) is 16.4 Å². The summed E-state index contributed by atoms with van der Waals surface area (Å²) in [6.07, 6.45) is 3.95. The fraction of sp³-hybridized carbons (Fsp3) is 0.538. The highest BCUT2D eigenvalue weighted by atomic mass is 32.2. The van der Waals surface area contributed by atoms with Crippen molar-refractivity contribution in [1.29, 1.82) is 0 Å². The zero-order valence-corrected chi connectivity index (χ0v) is 13.6. The Morgan fingerprint density at radius 2 is 1.57 bits per heavy atom. The zero-order chi connectivity index (χ0) is 15.5. The van der Waals surface area contributed by atoms with Crippen molar-refractivity contribution >= 4 is 20.0 Å². The minimum Gasteiger partial charge on any atom is -0.213 e. The first kappa shape index (κ1) is 16.4. The van der Waals surface area contributed by atoms with Crippen molar-refractivity contribution < 1.29 is 16.8 Å². The molecular weight excluding hydrogens is 312 g/mol. The van der Waals surface area contributed by atoms with Gasteiger partial charge in [-0.25, -0.2) is 21.6 Å². The molecule has 0 aromatic heterocycles. The van der Waals surface area contributed by atoms with Gasteiger partial charge in [0.05, 0.1) is 11.2 Å². The van der Waals surface area contributed by atoms with Gasteiger partial charge in [-0.05, 0) is 30.5 Å². The van der Waals surface area contributed by atoms with Gasteiger partial charge in [0.1, 0.15) is 0 Å². The zero-order valence-electron chi connectivity index (χ0n) is 11.9. The van der Waals surface area contributed by atoms with Gasteiger partial charge in [-0.1, -0.05) is 18.6 Å². The van der Waals surface area contributed by atoms with Gasteiger partial charge < -0.3 is 0 Å². The molecule has 1 aliphatic rings. The Kier molecular flexibility index (Phi) is 5.03. The molecule has 0 amide bonds. The molecule has 1 N–H and O–H groups in total. The monoisotopic (exact) mass is 332 g/mol. The van der Waals surface area contributed by atoms with Crippen molar-refractivity contribution in [3.8, 4) is 0 Å². The minimum atomic E-state index is -3.43. The fourth-order valence-corrected chi connectivity index (χ4v) is 4.19. The number of hydrogen-bond donors (Lipinski definition) is 1.